The molecule has 2 rings (SSSR count). The summed E-state index contributed by atoms with van der Waals surface area (Å²) in [7, 11) is 2.22. The number of likely N-dealkylation sites (N-methyl/N-ethyl adjacent to an activating group) is 1. The molecule has 0 spiro atoms. The molecule has 0 aliphatic rings. The molecule has 0 radical (unpaired) electrons. The Bertz CT molecular complexity index is 533. The summed E-state index contributed by atoms with van der Waals surface area (Å²) in [6.07, 6.45) is 2.09. The lowest BCUT2D eigenvalue weighted by atomic mass is 9.99. The number of rotatable bonds is 7. The lowest BCUT2D eigenvalue weighted by molar-refractivity contribution is 0.160. The van der Waals surface area contributed by atoms with Crippen LogP contribution >= 0.6 is 22.7 Å². The van der Waals surface area contributed by atoms with Gasteiger partial charge in [0.1, 0.15) is 0 Å². The third kappa shape index (κ3) is 3.95. The molecular weight excluding hydrogens is 296 g/mol. The highest BCUT2D eigenvalue weighted by Crippen LogP contribution is 2.33. The normalized spacial score (nSPS) is 16.1. The molecule has 3 unspecified atom stereocenters. The maximum absolute atomic E-state index is 6.46. The minimum absolute atomic E-state index is 0.179. The van der Waals surface area contributed by atoms with Gasteiger partial charge in [-0.15, -0.1) is 22.7 Å². The second-order valence-electron chi connectivity index (χ2n) is 5.78. The van der Waals surface area contributed by atoms with Gasteiger partial charge in [-0.3, -0.25) is 4.90 Å². The summed E-state index contributed by atoms with van der Waals surface area (Å²) in [5, 5.41) is 4.33. The summed E-state index contributed by atoms with van der Waals surface area (Å²) in [5.74, 6) is 0. The fraction of sp³-hybridized carbons (Fsp3) is 0.529. The summed E-state index contributed by atoms with van der Waals surface area (Å²) in [4.78, 5) is 5.33. The summed E-state index contributed by atoms with van der Waals surface area (Å²) < 4.78 is 0. The van der Waals surface area contributed by atoms with Crippen LogP contribution in [-0.2, 0) is 6.42 Å². The van der Waals surface area contributed by atoms with Gasteiger partial charge >= 0.3 is 0 Å². The highest BCUT2D eigenvalue weighted by molar-refractivity contribution is 7.10. The number of hydrogen-bond acceptors (Lipinski definition) is 4. The zero-order valence-corrected chi connectivity index (χ0v) is 15.0. The van der Waals surface area contributed by atoms with Crippen LogP contribution < -0.4 is 5.73 Å². The average Bonchev–Trinajstić information content (AvgIpc) is 3.11. The minimum Gasteiger partial charge on any atom is -0.326 e. The van der Waals surface area contributed by atoms with E-state index in [1.807, 2.05) is 22.7 Å². The van der Waals surface area contributed by atoms with Crippen LogP contribution in [0.2, 0.25) is 0 Å². The van der Waals surface area contributed by atoms with E-state index >= 15 is 0 Å². The number of aryl methyl sites for hydroxylation is 1. The van der Waals surface area contributed by atoms with Gasteiger partial charge in [0.25, 0.3) is 0 Å². The van der Waals surface area contributed by atoms with Crippen molar-refractivity contribution in [2.24, 2.45) is 5.73 Å². The number of thiophene rings is 2. The Morgan fingerprint density at radius 1 is 1.24 bits per heavy atom. The first-order valence-electron chi connectivity index (χ1n) is 7.58. The largest absolute Gasteiger partial charge is 0.326 e. The molecule has 2 heterocycles. The zero-order chi connectivity index (χ0) is 15.4. The molecule has 2 aromatic rings. The van der Waals surface area contributed by atoms with E-state index in [1.54, 1.807) is 0 Å². The molecule has 0 bridgehead atoms. The van der Waals surface area contributed by atoms with Gasteiger partial charge in [-0.25, -0.2) is 0 Å². The van der Waals surface area contributed by atoms with E-state index in [-0.39, 0.29) is 6.04 Å². The monoisotopic (exact) mass is 322 g/mol. The Kier molecular flexibility index (Phi) is 5.99. The molecule has 2 N–H and O–H groups in total. The van der Waals surface area contributed by atoms with E-state index in [2.05, 4.69) is 61.7 Å². The van der Waals surface area contributed by atoms with Crippen LogP contribution in [-0.4, -0.2) is 24.0 Å². The van der Waals surface area contributed by atoms with E-state index < -0.39 is 0 Å². The Hall–Kier alpha value is -0.680. The van der Waals surface area contributed by atoms with Crippen LogP contribution in [0.5, 0.6) is 0 Å². The topological polar surface area (TPSA) is 29.3 Å². The van der Waals surface area contributed by atoms with E-state index in [4.69, 9.17) is 5.73 Å². The van der Waals surface area contributed by atoms with Crippen LogP contribution in [0.4, 0.5) is 0 Å². The fourth-order valence-electron chi connectivity index (χ4n) is 2.73. The molecular formula is C17H26N2S2. The molecule has 0 aromatic carbocycles. The molecule has 0 saturated heterocycles. The van der Waals surface area contributed by atoms with Crippen molar-refractivity contribution in [1.29, 1.82) is 0 Å². The summed E-state index contributed by atoms with van der Waals surface area (Å²) in [5.41, 5.74) is 7.82. The lowest BCUT2D eigenvalue weighted by Gasteiger charge is -2.36. The van der Waals surface area contributed by atoms with E-state index in [9.17, 15) is 0 Å². The van der Waals surface area contributed by atoms with E-state index in [0.717, 1.165) is 12.8 Å². The first kappa shape index (κ1) is 16.7. The second kappa shape index (κ2) is 7.54. The van der Waals surface area contributed by atoms with Gasteiger partial charge in [0, 0.05) is 21.8 Å². The van der Waals surface area contributed by atoms with Crippen LogP contribution in [0.3, 0.4) is 0 Å². The quantitative estimate of drug-likeness (QED) is 0.815. The molecule has 3 atom stereocenters. The smallest absolute Gasteiger partial charge is 0.0595 e. The Morgan fingerprint density at radius 3 is 2.52 bits per heavy atom. The highest BCUT2D eigenvalue weighted by atomic mass is 32.1. The third-order valence-corrected chi connectivity index (χ3v) is 6.25. The van der Waals surface area contributed by atoms with Crippen molar-refractivity contribution in [3.05, 3.63) is 44.3 Å². The standard InChI is InChI=1S/C17H26N2S2/c1-5-15(18)16(17-12(2)8-10-21-17)19(4)13(3)11-14-7-6-9-20-14/h6-10,13,15-16H,5,11,18H2,1-4H3. The maximum Gasteiger partial charge on any atom is 0.0595 e. The first-order chi connectivity index (χ1) is 10.0. The molecule has 4 heteroatoms. The molecule has 2 nitrogen and oxygen atoms in total. The van der Waals surface area contributed by atoms with E-state index in [1.165, 1.54) is 15.3 Å². The third-order valence-electron chi connectivity index (χ3n) is 4.26. The average molecular weight is 323 g/mol. The molecule has 0 aliphatic carbocycles. The molecule has 116 valence electrons. The van der Waals surface area contributed by atoms with Gasteiger partial charge in [-0.2, -0.15) is 0 Å². The van der Waals surface area contributed by atoms with Gasteiger partial charge in [0.05, 0.1) is 6.04 Å². The van der Waals surface area contributed by atoms with Gasteiger partial charge in [0.15, 0.2) is 0 Å². The van der Waals surface area contributed by atoms with E-state index in [0.29, 0.717) is 12.1 Å². The lowest BCUT2D eigenvalue weighted by Crippen LogP contribution is -2.43. The Morgan fingerprint density at radius 2 is 2.00 bits per heavy atom. The summed E-state index contributed by atoms with van der Waals surface area (Å²) >= 11 is 3.68. The summed E-state index contributed by atoms with van der Waals surface area (Å²) in [6.45, 7) is 6.68. The van der Waals surface area contributed by atoms with Gasteiger partial charge in [0.2, 0.25) is 0 Å². The van der Waals surface area contributed by atoms with Gasteiger partial charge in [-0.05, 0) is 62.2 Å². The summed E-state index contributed by atoms with van der Waals surface area (Å²) in [6, 6.07) is 7.52. The van der Waals surface area contributed by atoms with Crippen molar-refractivity contribution in [1.82, 2.24) is 4.90 Å². The zero-order valence-electron chi connectivity index (χ0n) is 13.4. The van der Waals surface area contributed by atoms with Gasteiger partial charge < -0.3 is 5.73 Å². The van der Waals surface area contributed by atoms with Crippen LogP contribution in [0, 0.1) is 6.92 Å². The first-order valence-corrected chi connectivity index (χ1v) is 9.34. The van der Waals surface area contributed by atoms with Crippen molar-refractivity contribution in [2.45, 2.75) is 51.7 Å². The van der Waals surface area contributed by atoms with Gasteiger partial charge in [-0.1, -0.05) is 13.0 Å². The van der Waals surface area contributed by atoms with Crippen molar-refractivity contribution < 1.29 is 0 Å². The second-order valence-corrected chi connectivity index (χ2v) is 7.76. The predicted octanol–water partition coefficient (Wildman–Crippen LogP) is 4.46. The SMILES string of the molecule is CCC(N)C(c1sccc1C)N(C)C(C)Cc1cccs1. The van der Waals surface area contributed by atoms with Crippen molar-refractivity contribution in [3.8, 4) is 0 Å². The molecule has 2 aromatic heterocycles. The fourth-order valence-corrected chi connectivity index (χ4v) is 4.71. The number of hydrogen-bond donors (Lipinski definition) is 1. The number of nitrogens with zero attached hydrogens (tertiary/aromatic N) is 1. The minimum atomic E-state index is 0.179. The number of nitrogens with two attached hydrogens (primary N) is 1. The van der Waals surface area contributed by atoms with Crippen molar-refractivity contribution in [2.75, 3.05) is 7.05 Å². The van der Waals surface area contributed by atoms with Crippen LogP contribution in [0.25, 0.3) is 0 Å². The molecule has 0 amide bonds. The predicted molar refractivity (Wildman–Crippen MR) is 95.3 cm³/mol. The molecule has 0 fully saturated rings. The Balaban J connectivity index is 2.18. The maximum atomic E-state index is 6.46. The molecule has 0 aliphatic heterocycles. The van der Waals surface area contributed by atoms with Crippen molar-refractivity contribution >= 4 is 22.7 Å². The van der Waals surface area contributed by atoms with Crippen LogP contribution in [0.15, 0.2) is 29.0 Å². The van der Waals surface area contributed by atoms with Crippen molar-refractivity contribution in [3.63, 3.8) is 0 Å². The highest BCUT2D eigenvalue weighted by Gasteiger charge is 2.28. The molecule has 0 saturated carbocycles. The molecule has 21 heavy (non-hydrogen) atoms. The van der Waals surface area contributed by atoms with Crippen LogP contribution in [0.1, 0.15) is 41.6 Å². The Labute approximate surface area is 136 Å².